The van der Waals surface area contributed by atoms with E-state index < -0.39 is 13.0 Å². The van der Waals surface area contributed by atoms with Gasteiger partial charge in [-0.25, -0.2) is 13.8 Å². The SMILES string of the molecule is CCNC(=NCc1cc(OC)c(OC)c(OC)c1)NCc1cccc(OCC(F)F)c1. The van der Waals surface area contributed by atoms with E-state index in [0.29, 0.717) is 48.6 Å². The third-order valence-electron chi connectivity index (χ3n) is 4.22. The number of ether oxygens (including phenoxy) is 4. The van der Waals surface area contributed by atoms with E-state index in [0.717, 1.165) is 11.1 Å². The number of rotatable bonds is 11. The maximum Gasteiger partial charge on any atom is 0.272 e. The zero-order valence-corrected chi connectivity index (χ0v) is 18.2. The highest BCUT2D eigenvalue weighted by molar-refractivity contribution is 5.79. The van der Waals surface area contributed by atoms with E-state index in [9.17, 15) is 8.78 Å². The Bertz CT molecular complexity index is 837. The van der Waals surface area contributed by atoms with Crippen molar-refractivity contribution in [3.63, 3.8) is 0 Å². The van der Waals surface area contributed by atoms with Gasteiger partial charge >= 0.3 is 0 Å². The van der Waals surface area contributed by atoms with Gasteiger partial charge in [-0.2, -0.15) is 0 Å². The summed E-state index contributed by atoms with van der Waals surface area (Å²) in [6, 6.07) is 10.7. The van der Waals surface area contributed by atoms with Gasteiger partial charge in [0.1, 0.15) is 12.4 Å². The number of guanidine groups is 1. The van der Waals surface area contributed by atoms with Crippen molar-refractivity contribution in [3.05, 3.63) is 47.5 Å². The molecule has 9 heteroatoms. The highest BCUT2D eigenvalue weighted by Crippen LogP contribution is 2.38. The number of methoxy groups -OCH3 is 3. The number of benzene rings is 2. The average Bonchev–Trinajstić information content (AvgIpc) is 2.78. The van der Waals surface area contributed by atoms with Crippen LogP contribution < -0.4 is 29.6 Å². The van der Waals surface area contributed by atoms with Gasteiger partial charge in [-0.15, -0.1) is 0 Å². The molecular weight excluding hydrogens is 408 g/mol. The second-order valence-electron chi connectivity index (χ2n) is 6.43. The Labute approximate surface area is 181 Å². The van der Waals surface area contributed by atoms with Crippen molar-refractivity contribution in [2.24, 2.45) is 4.99 Å². The standard InChI is InChI=1S/C22H29F2N3O4/c1-5-25-22(26-12-15-7-6-8-17(9-15)31-14-20(23)24)27-13-16-10-18(28-2)21(30-4)19(11-16)29-3/h6-11,20H,5,12-14H2,1-4H3,(H2,25,26,27). The maximum atomic E-state index is 12.3. The van der Waals surface area contributed by atoms with Crippen LogP contribution in [0.25, 0.3) is 0 Å². The molecule has 0 aliphatic heterocycles. The van der Waals surface area contributed by atoms with Crippen LogP contribution in [0, 0.1) is 0 Å². The lowest BCUT2D eigenvalue weighted by atomic mass is 10.2. The van der Waals surface area contributed by atoms with Gasteiger partial charge in [0.05, 0.1) is 27.9 Å². The number of hydrogen-bond acceptors (Lipinski definition) is 5. The fourth-order valence-corrected chi connectivity index (χ4v) is 2.83. The van der Waals surface area contributed by atoms with E-state index in [1.165, 1.54) is 0 Å². The maximum absolute atomic E-state index is 12.3. The van der Waals surface area contributed by atoms with Gasteiger partial charge in [0.25, 0.3) is 6.43 Å². The van der Waals surface area contributed by atoms with Gasteiger partial charge in [0.15, 0.2) is 17.5 Å². The van der Waals surface area contributed by atoms with Gasteiger partial charge in [0, 0.05) is 13.1 Å². The molecule has 2 aromatic rings. The summed E-state index contributed by atoms with van der Waals surface area (Å²) >= 11 is 0. The predicted octanol–water partition coefficient (Wildman–Crippen LogP) is 3.61. The van der Waals surface area contributed by atoms with E-state index in [-0.39, 0.29) is 0 Å². The van der Waals surface area contributed by atoms with Gasteiger partial charge in [-0.1, -0.05) is 12.1 Å². The Morgan fingerprint density at radius 1 is 0.968 bits per heavy atom. The average molecular weight is 437 g/mol. The quantitative estimate of drug-likeness (QED) is 0.413. The Morgan fingerprint density at radius 3 is 2.26 bits per heavy atom. The summed E-state index contributed by atoms with van der Waals surface area (Å²) in [5.74, 6) is 2.65. The molecule has 0 aromatic heterocycles. The van der Waals surface area contributed by atoms with E-state index in [2.05, 4.69) is 15.6 Å². The minimum Gasteiger partial charge on any atom is -0.493 e. The second kappa shape index (κ2) is 12.5. The molecule has 0 saturated carbocycles. The Hall–Kier alpha value is -3.23. The summed E-state index contributed by atoms with van der Waals surface area (Å²) in [7, 11) is 4.68. The van der Waals surface area contributed by atoms with Gasteiger partial charge < -0.3 is 29.6 Å². The molecule has 0 saturated heterocycles. The van der Waals surface area contributed by atoms with Crippen LogP contribution >= 0.6 is 0 Å². The van der Waals surface area contributed by atoms with Gasteiger partial charge in [-0.3, -0.25) is 0 Å². The topological polar surface area (TPSA) is 73.3 Å². The number of nitrogens with zero attached hydrogens (tertiary/aromatic N) is 1. The monoisotopic (exact) mass is 437 g/mol. The summed E-state index contributed by atoms with van der Waals surface area (Å²) in [5, 5.41) is 6.41. The van der Waals surface area contributed by atoms with Crippen molar-refractivity contribution < 1.29 is 27.7 Å². The molecule has 0 bridgehead atoms. The normalized spacial score (nSPS) is 11.3. The van der Waals surface area contributed by atoms with E-state index >= 15 is 0 Å². The molecule has 31 heavy (non-hydrogen) atoms. The number of aliphatic imine (C=N–C) groups is 1. The zero-order valence-electron chi connectivity index (χ0n) is 18.2. The molecule has 0 aliphatic rings. The molecule has 0 atom stereocenters. The van der Waals surface area contributed by atoms with Crippen molar-refractivity contribution in [2.75, 3.05) is 34.5 Å². The highest BCUT2D eigenvalue weighted by Gasteiger charge is 2.13. The lowest BCUT2D eigenvalue weighted by Crippen LogP contribution is -2.36. The van der Waals surface area contributed by atoms with Crippen molar-refractivity contribution in [1.82, 2.24) is 10.6 Å². The molecule has 7 nitrogen and oxygen atoms in total. The van der Waals surface area contributed by atoms with Crippen molar-refractivity contribution >= 4 is 5.96 Å². The second-order valence-corrected chi connectivity index (χ2v) is 6.43. The van der Waals surface area contributed by atoms with Crippen LogP contribution in [0.4, 0.5) is 8.78 Å². The third-order valence-corrected chi connectivity index (χ3v) is 4.22. The summed E-state index contributed by atoms with van der Waals surface area (Å²) < 4.78 is 45.9. The van der Waals surface area contributed by atoms with Crippen molar-refractivity contribution in [1.29, 1.82) is 0 Å². The Kier molecular flexibility index (Phi) is 9.67. The number of hydrogen-bond donors (Lipinski definition) is 2. The molecule has 2 N–H and O–H groups in total. The minimum atomic E-state index is -2.51. The largest absolute Gasteiger partial charge is 0.493 e. The fraction of sp³-hybridized carbons (Fsp3) is 0.409. The summed E-state index contributed by atoms with van der Waals surface area (Å²) in [6.07, 6.45) is -2.51. The molecule has 2 rings (SSSR count). The first-order valence-electron chi connectivity index (χ1n) is 9.81. The van der Waals surface area contributed by atoms with E-state index in [1.807, 2.05) is 25.1 Å². The van der Waals surface area contributed by atoms with E-state index in [4.69, 9.17) is 18.9 Å². The van der Waals surface area contributed by atoms with Gasteiger partial charge in [0.2, 0.25) is 5.75 Å². The van der Waals surface area contributed by atoms with Crippen LogP contribution in [0.5, 0.6) is 23.0 Å². The molecule has 0 aliphatic carbocycles. The summed E-state index contributed by atoms with van der Waals surface area (Å²) in [5.41, 5.74) is 1.76. The Balaban J connectivity index is 2.08. The highest BCUT2D eigenvalue weighted by atomic mass is 19.3. The van der Waals surface area contributed by atoms with Crippen LogP contribution in [-0.4, -0.2) is 46.9 Å². The van der Waals surface area contributed by atoms with Crippen molar-refractivity contribution in [3.8, 4) is 23.0 Å². The summed E-state index contributed by atoms with van der Waals surface area (Å²) in [4.78, 5) is 4.60. The van der Waals surface area contributed by atoms with Gasteiger partial charge in [-0.05, 0) is 42.3 Å². The first-order valence-corrected chi connectivity index (χ1v) is 9.81. The van der Waals surface area contributed by atoms with Crippen molar-refractivity contribution in [2.45, 2.75) is 26.4 Å². The Morgan fingerprint density at radius 2 is 1.68 bits per heavy atom. The molecule has 0 fully saturated rings. The molecule has 170 valence electrons. The minimum absolute atomic E-state index is 0.379. The lowest BCUT2D eigenvalue weighted by molar-refractivity contribution is 0.0818. The van der Waals surface area contributed by atoms with Crippen LogP contribution in [0.15, 0.2) is 41.4 Å². The number of halogens is 2. The molecule has 2 aromatic carbocycles. The molecule has 0 spiro atoms. The van der Waals surface area contributed by atoms with E-state index in [1.54, 1.807) is 39.5 Å². The molecule has 0 amide bonds. The molecule has 0 radical (unpaired) electrons. The predicted molar refractivity (Wildman–Crippen MR) is 116 cm³/mol. The van der Waals surface area contributed by atoms with Crippen LogP contribution in [0.3, 0.4) is 0 Å². The first kappa shape index (κ1) is 24.0. The number of nitrogens with one attached hydrogen (secondary N) is 2. The van der Waals surface area contributed by atoms with Crippen LogP contribution in [0.2, 0.25) is 0 Å². The summed E-state index contributed by atoms with van der Waals surface area (Å²) in [6.45, 7) is 2.85. The molecule has 0 heterocycles. The molecule has 0 unspecified atom stereocenters. The molecular formula is C22H29F2N3O4. The first-order chi connectivity index (χ1) is 15.0. The number of alkyl halides is 2. The van der Waals surface area contributed by atoms with Crippen LogP contribution in [-0.2, 0) is 13.1 Å². The third kappa shape index (κ3) is 7.51. The van der Waals surface area contributed by atoms with Crippen LogP contribution in [0.1, 0.15) is 18.1 Å². The lowest BCUT2D eigenvalue weighted by Gasteiger charge is -2.15. The smallest absolute Gasteiger partial charge is 0.272 e. The zero-order chi connectivity index (χ0) is 22.6. The fourth-order valence-electron chi connectivity index (χ4n) is 2.83.